The Morgan fingerprint density at radius 1 is 0.556 bits per heavy atom. The van der Waals surface area contributed by atoms with Crippen molar-refractivity contribution in [3.05, 3.63) is 119 Å². The first-order valence-corrected chi connectivity index (χ1v) is 20.9. The van der Waals surface area contributed by atoms with Crippen LogP contribution in [0.5, 0.6) is 0 Å². The van der Waals surface area contributed by atoms with Crippen LogP contribution in [0.1, 0.15) is 70.7 Å². The van der Waals surface area contributed by atoms with Crippen LogP contribution in [0.3, 0.4) is 0 Å². The van der Waals surface area contributed by atoms with E-state index in [0.717, 1.165) is 16.7 Å². The molecule has 2 amide bonds. The van der Waals surface area contributed by atoms with Crippen LogP contribution in [0.2, 0.25) is 0 Å². The normalized spacial score (nSPS) is 18.1. The van der Waals surface area contributed by atoms with Crippen LogP contribution in [0.4, 0.5) is 11.4 Å². The summed E-state index contributed by atoms with van der Waals surface area (Å²) >= 11 is 0. The molecule has 0 saturated heterocycles. The zero-order valence-electron chi connectivity index (χ0n) is 32.0. The molecule has 2 unspecified atom stereocenters. The molecule has 4 aromatic carbocycles. The van der Waals surface area contributed by atoms with E-state index in [9.17, 15) is 26.4 Å². The molecule has 0 spiro atoms. The van der Waals surface area contributed by atoms with Gasteiger partial charge in [-0.25, -0.2) is 26.3 Å². The van der Waals surface area contributed by atoms with E-state index in [1.54, 1.807) is 87.7 Å². The molecule has 54 heavy (non-hydrogen) atoms. The lowest BCUT2D eigenvalue weighted by Gasteiger charge is -2.24. The SMILES string of the molecule is CC(C)(C)NS(=O)(=O)c1ccc(N2Cc3ccccc3CC(N)C2=O)cc1.CC1Cc2ccccc2CN(c2ccc(S(=O)(=O)NC(C)(C)C)cc2)C1=O. The lowest BCUT2D eigenvalue weighted by Crippen LogP contribution is -2.43. The lowest BCUT2D eigenvalue weighted by molar-refractivity contribution is -0.122. The van der Waals surface area contributed by atoms with Crippen molar-refractivity contribution in [2.75, 3.05) is 9.80 Å². The van der Waals surface area contributed by atoms with Crippen LogP contribution in [-0.4, -0.2) is 45.8 Å². The quantitative estimate of drug-likeness (QED) is 0.228. The van der Waals surface area contributed by atoms with Gasteiger partial charge in [0, 0.05) is 28.4 Å². The second-order valence-electron chi connectivity index (χ2n) is 16.0. The molecule has 11 nitrogen and oxygen atoms in total. The largest absolute Gasteiger partial charge is 0.320 e. The van der Waals surface area contributed by atoms with Crippen LogP contribution in [0, 0.1) is 5.92 Å². The predicted octanol–water partition coefficient (Wildman–Crippen LogP) is 5.67. The third-order valence-corrected chi connectivity index (χ3v) is 12.5. The Hall–Kier alpha value is -4.40. The standard InChI is InChI=1S/C21H26N2O3S.C20H25N3O3S/c1-15-13-16-7-5-6-8-17(16)14-23(20(15)24)18-9-11-19(12-10-18)27(25,26)22-21(2,3)4;1-20(2,3)22-27(25,26)17-10-8-16(9-11-17)23-13-15-7-5-4-6-14(15)12-18(21)19(23)24/h5-12,15,22H,13-14H2,1-4H3;4-11,18,22H,12-13,21H2,1-3H3. The number of anilines is 2. The fourth-order valence-corrected chi connectivity index (χ4v) is 9.33. The van der Waals surface area contributed by atoms with E-state index in [2.05, 4.69) is 15.5 Å². The van der Waals surface area contributed by atoms with Gasteiger partial charge in [-0.3, -0.25) is 9.59 Å². The Bertz CT molecular complexity index is 2050. The summed E-state index contributed by atoms with van der Waals surface area (Å²) in [5.41, 5.74) is 10.7. The molecule has 4 aromatic rings. The molecule has 288 valence electrons. The summed E-state index contributed by atoms with van der Waals surface area (Å²) in [4.78, 5) is 29.3. The second-order valence-corrected chi connectivity index (χ2v) is 19.4. The van der Waals surface area contributed by atoms with E-state index < -0.39 is 37.2 Å². The zero-order valence-corrected chi connectivity index (χ0v) is 33.6. The van der Waals surface area contributed by atoms with Crippen molar-refractivity contribution in [2.45, 2.75) is 101 Å². The van der Waals surface area contributed by atoms with E-state index in [-0.39, 0.29) is 27.5 Å². The van der Waals surface area contributed by atoms with Crippen LogP contribution >= 0.6 is 0 Å². The summed E-state index contributed by atoms with van der Waals surface area (Å²) in [7, 11) is -7.22. The predicted molar refractivity (Wildman–Crippen MR) is 213 cm³/mol. The second kappa shape index (κ2) is 15.8. The van der Waals surface area contributed by atoms with Crippen molar-refractivity contribution in [3.8, 4) is 0 Å². The number of fused-ring (bicyclic) bond motifs is 2. The van der Waals surface area contributed by atoms with E-state index >= 15 is 0 Å². The fourth-order valence-electron chi connectivity index (χ4n) is 6.50. The average Bonchev–Trinajstić information content (AvgIpc) is 3.29. The average molecular weight is 774 g/mol. The summed E-state index contributed by atoms with van der Waals surface area (Å²) in [6.45, 7) is 13.6. The molecule has 6 rings (SSSR count). The minimum Gasteiger partial charge on any atom is -0.320 e. The first-order valence-electron chi connectivity index (χ1n) is 17.9. The Morgan fingerprint density at radius 2 is 0.907 bits per heavy atom. The van der Waals surface area contributed by atoms with Gasteiger partial charge in [0.1, 0.15) is 0 Å². The number of carbonyl (C=O) groups is 2. The van der Waals surface area contributed by atoms with Crippen molar-refractivity contribution in [1.82, 2.24) is 9.44 Å². The van der Waals surface area contributed by atoms with Gasteiger partial charge in [0.2, 0.25) is 31.9 Å². The number of carbonyl (C=O) groups excluding carboxylic acids is 2. The number of sulfonamides is 2. The summed E-state index contributed by atoms with van der Waals surface area (Å²) in [5.74, 6) is -0.246. The minimum absolute atomic E-state index is 0.0506. The maximum absolute atomic E-state index is 12.9. The molecule has 2 aliphatic rings. The molecule has 4 N–H and O–H groups in total. The molecule has 0 saturated carbocycles. The van der Waals surface area contributed by atoms with E-state index in [1.807, 2.05) is 49.4 Å². The number of hydrogen-bond acceptors (Lipinski definition) is 7. The van der Waals surface area contributed by atoms with Gasteiger partial charge < -0.3 is 15.5 Å². The van der Waals surface area contributed by atoms with Gasteiger partial charge in [-0.1, -0.05) is 55.5 Å². The summed E-state index contributed by atoms with van der Waals surface area (Å²) in [6, 6.07) is 28.1. The number of benzene rings is 4. The molecule has 0 radical (unpaired) electrons. The van der Waals surface area contributed by atoms with E-state index in [0.29, 0.717) is 37.3 Å². The highest BCUT2D eigenvalue weighted by Crippen LogP contribution is 2.29. The van der Waals surface area contributed by atoms with Crippen molar-refractivity contribution < 1.29 is 26.4 Å². The van der Waals surface area contributed by atoms with Crippen LogP contribution in [-0.2, 0) is 55.6 Å². The summed E-state index contributed by atoms with van der Waals surface area (Å²) < 4.78 is 55.1. The Balaban J connectivity index is 0.000000208. The fraction of sp³-hybridized carbons (Fsp3) is 0.366. The van der Waals surface area contributed by atoms with Crippen molar-refractivity contribution in [2.24, 2.45) is 11.7 Å². The molecule has 2 aliphatic heterocycles. The number of nitrogens with two attached hydrogens (primary N) is 1. The van der Waals surface area contributed by atoms with Crippen molar-refractivity contribution >= 4 is 43.2 Å². The molecule has 0 aliphatic carbocycles. The highest BCUT2D eigenvalue weighted by atomic mass is 32.2. The first kappa shape index (κ1) is 40.8. The van der Waals surface area contributed by atoms with Crippen LogP contribution < -0.4 is 25.0 Å². The van der Waals surface area contributed by atoms with Gasteiger partial charge >= 0.3 is 0 Å². The molecule has 0 fully saturated rings. The van der Waals surface area contributed by atoms with Crippen molar-refractivity contribution in [1.29, 1.82) is 0 Å². The highest BCUT2D eigenvalue weighted by Gasteiger charge is 2.30. The monoisotopic (exact) mass is 773 g/mol. The maximum atomic E-state index is 12.9. The van der Waals surface area contributed by atoms with Gasteiger partial charge in [-0.2, -0.15) is 0 Å². The lowest BCUT2D eigenvalue weighted by atomic mass is 9.98. The number of amides is 2. The van der Waals surface area contributed by atoms with Gasteiger partial charge in [-0.05, 0) is 125 Å². The number of rotatable bonds is 6. The third-order valence-electron chi connectivity index (χ3n) is 8.93. The van der Waals surface area contributed by atoms with E-state index in [4.69, 9.17) is 5.73 Å². The van der Waals surface area contributed by atoms with Gasteiger partial charge in [0.25, 0.3) is 0 Å². The molecule has 2 heterocycles. The Labute approximate surface area is 320 Å². The Kier molecular flexibility index (Phi) is 11.9. The molecular weight excluding hydrogens is 723 g/mol. The molecule has 2 atom stereocenters. The maximum Gasteiger partial charge on any atom is 0.244 e. The molecular formula is C41H51N5O6S2. The van der Waals surface area contributed by atoms with Crippen molar-refractivity contribution in [3.63, 3.8) is 0 Å². The highest BCUT2D eigenvalue weighted by molar-refractivity contribution is 7.89. The first-order chi connectivity index (χ1) is 25.1. The topological polar surface area (TPSA) is 159 Å². The minimum atomic E-state index is -3.62. The van der Waals surface area contributed by atoms with Crippen LogP contribution in [0.25, 0.3) is 0 Å². The summed E-state index contributed by atoms with van der Waals surface area (Å²) in [5, 5.41) is 0. The number of hydrogen-bond donors (Lipinski definition) is 3. The molecule has 0 aromatic heterocycles. The van der Waals surface area contributed by atoms with Gasteiger partial charge in [-0.15, -0.1) is 0 Å². The van der Waals surface area contributed by atoms with Crippen LogP contribution in [0.15, 0.2) is 107 Å². The summed E-state index contributed by atoms with van der Waals surface area (Å²) in [6.07, 6.45) is 1.21. The number of nitrogens with zero attached hydrogens (tertiary/aromatic N) is 2. The molecule has 13 heteroatoms. The third kappa shape index (κ3) is 10.0. The van der Waals surface area contributed by atoms with Gasteiger partial charge in [0.15, 0.2) is 0 Å². The van der Waals surface area contributed by atoms with Gasteiger partial charge in [0.05, 0.1) is 28.9 Å². The Morgan fingerprint density at radius 3 is 1.30 bits per heavy atom. The number of nitrogens with one attached hydrogen (secondary N) is 2. The van der Waals surface area contributed by atoms with E-state index in [1.165, 1.54) is 17.7 Å². The smallest absolute Gasteiger partial charge is 0.244 e. The molecule has 0 bridgehead atoms. The zero-order chi connectivity index (χ0) is 39.6.